The summed E-state index contributed by atoms with van der Waals surface area (Å²) in [6.07, 6.45) is 2.18. The first kappa shape index (κ1) is 9.03. The van der Waals surface area contributed by atoms with Crippen molar-refractivity contribution in [2.45, 2.75) is 23.0 Å². The van der Waals surface area contributed by atoms with Crippen LogP contribution in [0.3, 0.4) is 0 Å². The van der Waals surface area contributed by atoms with E-state index in [0.717, 1.165) is 12.8 Å². The molecule has 1 atom stereocenters. The Morgan fingerprint density at radius 2 is 2.23 bits per heavy atom. The summed E-state index contributed by atoms with van der Waals surface area (Å²) in [6, 6.07) is 8.47. The van der Waals surface area contributed by atoms with Gasteiger partial charge >= 0.3 is 0 Å². The highest BCUT2D eigenvalue weighted by Crippen LogP contribution is 2.34. The summed E-state index contributed by atoms with van der Waals surface area (Å²) in [4.78, 5) is 1.98. The van der Waals surface area contributed by atoms with Crippen molar-refractivity contribution in [1.82, 2.24) is 0 Å². The molecule has 1 heterocycles. The zero-order valence-corrected chi connectivity index (χ0v) is 8.83. The second-order valence-electron chi connectivity index (χ2n) is 3.16. The van der Waals surface area contributed by atoms with Gasteiger partial charge in [-0.15, -0.1) is 11.8 Å². The highest BCUT2D eigenvalue weighted by atomic mass is 32.2. The number of nitrogens with two attached hydrogens (primary N) is 1. The molecular formula is C10H11NS2. The predicted molar refractivity (Wildman–Crippen MR) is 61.2 cm³/mol. The van der Waals surface area contributed by atoms with Crippen molar-refractivity contribution in [2.75, 3.05) is 0 Å². The van der Waals surface area contributed by atoms with Crippen LogP contribution >= 0.6 is 24.0 Å². The third-order valence-corrected chi connectivity index (χ3v) is 4.10. The molecule has 1 unspecified atom stereocenters. The van der Waals surface area contributed by atoms with Crippen LogP contribution in [0.4, 0.5) is 0 Å². The van der Waals surface area contributed by atoms with E-state index in [2.05, 4.69) is 24.3 Å². The van der Waals surface area contributed by atoms with Gasteiger partial charge in [-0.2, -0.15) is 0 Å². The zero-order valence-electron chi connectivity index (χ0n) is 7.19. The molecule has 13 heavy (non-hydrogen) atoms. The third-order valence-electron chi connectivity index (χ3n) is 2.24. The van der Waals surface area contributed by atoms with E-state index in [1.54, 1.807) is 11.8 Å². The lowest BCUT2D eigenvalue weighted by atomic mass is 10.1. The smallest absolute Gasteiger partial charge is 0.0863 e. The second-order valence-corrected chi connectivity index (χ2v) is 4.87. The maximum absolute atomic E-state index is 5.63. The van der Waals surface area contributed by atoms with Gasteiger partial charge in [0.25, 0.3) is 0 Å². The van der Waals surface area contributed by atoms with Crippen LogP contribution in [0.1, 0.15) is 12.0 Å². The van der Waals surface area contributed by atoms with Gasteiger partial charge in [0.15, 0.2) is 0 Å². The number of fused-ring (bicyclic) bond motifs is 1. The van der Waals surface area contributed by atoms with Crippen molar-refractivity contribution in [1.29, 1.82) is 0 Å². The molecule has 2 N–H and O–H groups in total. The van der Waals surface area contributed by atoms with E-state index >= 15 is 0 Å². The highest BCUT2D eigenvalue weighted by Gasteiger charge is 2.20. The average molecular weight is 209 g/mol. The predicted octanol–water partition coefficient (Wildman–Crippen LogP) is 2.38. The summed E-state index contributed by atoms with van der Waals surface area (Å²) in [5.41, 5.74) is 7.07. The van der Waals surface area contributed by atoms with E-state index in [4.69, 9.17) is 18.0 Å². The molecule has 3 heteroatoms. The lowest BCUT2D eigenvalue weighted by Crippen LogP contribution is -2.26. The highest BCUT2D eigenvalue weighted by molar-refractivity contribution is 8.01. The number of aryl methyl sites for hydroxylation is 1. The normalized spacial score (nSPS) is 20.8. The van der Waals surface area contributed by atoms with Crippen molar-refractivity contribution in [2.24, 2.45) is 5.73 Å². The molecule has 2 rings (SSSR count). The second kappa shape index (κ2) is 3.68. The van der Waals surface area contributed by atoms with Crippen LogP contribution in [0.2, 0.25) is 0 Å². The third kappa shape index (κ3) is 1.86. The van der Waals surface area contributed by atoms with Crippen LogP contribution in [0, 0.1) is 0 Å². The van der Waals surface area contributed by atoms with Crippen LogP contribution in [0.15, 0.2) is 29.2 Å². The Bertz CT molecular complexity index is 335. The van der Waals surface area contributed by atoms with Crippen LogP contribution in [0.5, 0.6) is 0 Å². The molecule has 0 saturated carbocycles. The maximum Gasteiger partial charge on any atom is 0.0863 e. The Labute approximate surface area is 87.7 Å². The number of rotatable bonds is 1. The lowest BCUT2D eigenvalue weighted by Gasteiger charge is -2.22. The fourth-order valence-electron chi connectivity index (χ4n) is 1.52. The standard InChI is InChI=1S/C10H11NS2/c11-10(12)9-6-5-7-3-1-2-4-8(7)13-9/h1-4,9H,5-6H2,(H2,11,12). The van der Waals surface area contributed by atoms with Crippen molar-refractivity contribution in [3.8, 4) is 0 Å². The van der Waals surface area contributed by atoms with Crippen LogP contribution in [-0.4, -0.2) is 10.2 Å². The Kier molecular flexibility index (Phi) is 2.56. The Morgan fingerprint density at radius 1 is 1.46 bits per heavy atom. The van der Waals surface area contributed by atoms with Crippen molar-refractivity contribution in [3.05, 3.63) is 29.8 Å². The van der Waals surface area contributed by atoms with E-state index in [9.17, 15) is 0 Å². The summed E-state index contributed by atoms with van der Waals surface area (Å²) in [7, 11) is 0. The number of benzene rings is 1. The number of thioether (sulfide) groups is 1. The van der Waals surface area contributed by atoms with E-state index in [1.807, 2.05) is 0 Å². The summed E-state index contributed by atoms with van der Waals surface area (Å²) in [5.74, 6) is 0. The van der Waals surface area contributed by atoms with Gasteiger partial charge in [-0.25, -0.2) is 0 Å². The molecule has 0 aromatic heterocycles. The molecule has 1 aliphatic heterocycles. The van der Waals surface area contributed by atoms with Gasteiger partial charge in [0, 0.05) is 4.90 Å². The first-order chi connectivity index (χ1) is 6.27. The van der Waals surface area contributed by atoms with Gasteiger partial charge in [0.2, 0.25) is 0 Å². The van der Waals surface area contributed by atoms with Gasteiger partial charge in [-0.05, 0) is 24.5 Å². The van der Waals surface area contributed by atoms with Crippen LogP contribution < -0.4 is 5.73 Å². The number of hydrogen-bond acceptors (Lipinski definition) is 2. The Morgan fingerprint density at radius 3 is 3.00 bits per heavy atom. The van der Waals surface area contributed by atoms with Gasteiger partial charge in [-0.1, -0.05) is 30.4 Å². The average Bonchev–Trinajstić information content (AvgIpc) is 2.17. The SMILES string of the molecule is NC(=S)C1CCc2ccccc2S1. The van der Waals surface area contributed by atoms with E-state index < -0.39 is 0 Å². The zero-order chi connectivity index (χ0) is 9.26. The Hall–Kier alpha value is -0.540. The minimum atomic E-state index is 0.338. The molecular weight excluding hydrogens is 198 g/mol. The first-order valence-corrected chi connectivity index (χ1v) is 5.60. The summed E-state index contributed by atoms with van der Waals surface area (Å²) < 4.78 is 0. The van der Waals surface area contributed by atoms with Gasteiger partial charge in [0.1, 0.15) is 0 Å². The van der Waals surface area contributed by atoms with Gasteiger partial charge in [-0.3, -0.25) is 0 Å². The lowest BCUT2D eigenvalue weighted by molar-refractivity contribution is 0.842. The first-order valence-electron chi connectivity index (χ1n) is 4.31. The fraction of sp³-hybridized carbons (Fsp3) is 0.300. The number of thiocarbonyl (C=S) groups is 1. The molecule has 0 bridgehead atoms. The molecule has 1 aromatic carbocycles. The molecule has 0 aliphatic carbocycles. The summed E-state index contributed by atoms with van der Waals surface area (Å²) in [5, 5.41) is 0.338. The molecule has 1 aromatic rings. The van der Waals surface area contributed by atoms with Crippen molar-refractivity contribution < 1.29 is 0 Å². The molecule has 0 spiro atoms. The fourth-order valence-corrected chi connectivity index (χ4v) is 2.92. The Balaban J connectivity index is 2.24. The minimum Gasteiger partial charge on any atom is -0.392 e. The van der Waals surface area contributed by atoms with E-state index in [-0.39, 0.29) is 0 Å². The monoisotopic (exact) mass is 209 g/mol. The topological polar surface area (TPSA) is 26.0 Å². The molecule has 1 aliphatic rings. The van der Waals surface area contributed by atoms with E-state index in [0.29, 0.717) is 10.2 Å². The molecule has 0 fully saturated rings. The van der Waals surface area contributed by atoms with Gasteiger partial charge in [0.05, 0.1) is 10.2 Å². The summed E-state index contributed by atoms with van der Waals surface area (Å²) >= 11 is 6.80. The maximum atomic E-state index is 5.63. The molecule has 0 amide bonds. The van der Waals surface area contributed by atoms with Crippen LogP contribution in [0.25, 0.3) is 0 Å². The molecule has 0 radical (unpaired) electrons. The number of hydrogen-bond donors (Lipinski definition) is 1. The van der Waals surface area contributed by atoms with E-state index in [1.165, 1.54) is 10.5 Å². The molecule has 68 valence electrons. The summed E-state index contributed by atoms with van der Waals surface area (Å²) in [6.45, 7) is 0. The quantitative estimate of drug-likeness (QED) is 0.719. The van der Waals surface area contributed by atoms with Crippen molar-refractivity contribution in [3.63, 3.8) is 0 Å². The largest absolute Gasteiger partial charge is 0.392 e. The van der Waals surface area contributed by atoms with Gasteiger partial charge < -0.3 is 5.73 Å². The molecule has 1 nitrogen and oxygen atoms in total. The van der Waals surface area contributed by atoms with Crippen LogP contribution in [-0.2, 0) is 6.42 Å². The molecule has 0 saturated heterocycles. The van der Waals surface area contributed by atoms with Crippen molar-refractivity contribution >= 4 is 29.0 Å². The minimum absolute atomic E-state index is 0.338.